The van der Waals surface area contributed by atoms with Crippen molar-refractivity contribution >= 4 is 5.91 Å². The number of carbonyl (C=O) groups is 1. The number of hydrogen-bond donors (Lipinski definition) is 2. The molecule has 0 bridgehead atoms. The molecule has 2 N–H and O–H groups in total. The van der Waals surface area contributed by atoms with Gasteiger partial charge in [-0.05, 0) is 38.8 Å². The molecule has 88 valence electrons. The molecule has 0 radical (unpaired) electrons. The summed E-state index contributed by atoms with van der Waals surface area (Å²) < 4.78 is 5.64. The maximum Gasteiger partial charge on any atom is 0.219 e. The first kappa shape index (κ1) is 12.5. The molecule has 1 aliphatic rings. The van der Waals surface area contributed by atoms with Crippen LogP contribution in [0.1, 0.15) is 25.7 Å². The molecule has 0 aliphatic heterocycles. The van der Waals surface area contributed by atoms with Crippen LogP contribution < -0.4 is 10.6 Å². The maximum atomic E-state index is 10.9. The van der Waals surface area contributed by atoms with Crippen LogP contribution >= 0.6 is 0 Å². The summed E-state index contributed by atoms with van der Waals surface area (Å²) in [6, 6.07) is 0. The molecule has 1 amide bonds. The van der Waals surface area contributed by atoms with Gasteiger partial charge in [0.15, 0.2) is 0 Å². The summed E-state index contributed by atoms with van der Waals surface area (Å²) >= 11 is 0. The number of amides is 1. The Balaban J connectivity index is 1.88. The highest BCUT2D eigenvalue weighted by atomic mass is 16.5. The van der Waals surface area contributed by atoms with Gasteiger partial charge in [-0.1, -0.05) is 0 Å². The highest BCUT2D eigenvalue weighted by Gasteiger charge is 2.28. The molecule has 4 heteroatoms. The van der Waals surface area contributed by atoms with E-state index < -0.39 is 0 Å². The Morgan fingerprint density at radius 1 is 1.40 bits per heavy atom. The van der Waals surface area contributed by atoms with Crippen molar-refractivity contribution in [2.24, 2.45) is 5.92 Å². The lowest BCUT2D eigenvalue weighted by atomic mass is 9.82. The molecule has 15 heavy (non-hydrogen) atoms. The molecule has 0 atom stereocenters. The summed E-state index contributed by atoms with van der Waals surface area (Å²) in [5.74, 6) is 0.888. The minimum atomic E-state index is 0.0975. The molecule has 1 saturated carbocycles. The van der Waals surface area contributed by atoms with E-state index in [-0.39, 0.29) is 5.91 Å². The Kier molecular flexibility index (Phi) is 5.65. The number of nitrogens with one attached hydrogen (secondary N) is 2. The zero-order valence-electron chi connectivity index (χ0n) is 9.71. The van der Waals surface area contributed by atoms with Crippen LogP contribution in [0.15, 0.2) is 0 Å². The molecule has 0 spiro atoms. The zero-order valence-corrected chi connectivity index (χ0v) is 9.71. The lowest BCUT2D eigenvalue weighted by Gasteiger charge is -2.35. The van der Waals surface area contributed by atoms with Crippen molar-refractivity contribution in [1.29, 1.82) is 0 Å². The van der Waals surface area contributed by atoms with Gasteiger partial charge in [0.2, 0.25) is 5.91 Å². The van der Waals surface area contributed by atoms with E-state index in [9.17, 15) is 4.79 Å². The van der Waals surface area contributed by atoms with Crippen molar-refractivity contribution in [2.75, 3.05) is 27.2 Å². The predicted octanol–water partition coefficient (Wildman–Crippen LogP) is 0.527. The van der Waals surface area contributed by atoms with Gasteiger partial charge in [-0.2, -0.15) is 0 Å². The molecule has 0 unspecified atom stereocenters. The summed E-state index contributed by atoms with van der Waals surface area (Å²) in [7, 11) is 3.65. The van der Waals surface area contributed by atoms with E-state index in [1.54, 1.807) is 7.05 Å². The fraction of sp³-hybridized carbons (Fsp3) is 0.909. The molecular formula is C11H22N2O2. The van der Waals surface area contributed by atoms with Crippen LogP contribution in [0.25, 0.3) is 0 Å². The van der Waals surface area contributed by atoms with Crippen molar-refractivity contribution in [2.45, 2.75) is 31.8 Å². The summed E-state index contributed by atoms with van der Waals surface area (Å²) in [6.45, 7) is 1.81. The van der Waals surface area contributed by atoms with Crippen LogP contribution in [-0.4, -0.2) is 39.3 Å². The quantitative estimate of drug-likeness (QED) is 0.608. The standard InChI is InChI=1S/C11H22N2O2/c1-12-8-9-6-10(7-9)15-5-3-4-11(14)13-2/h9-10,12H,3-8H2,1-2H3,(H,13,14). The van der Waals surface area contributed by atoms with Crippen molar-refractivity contribution in [3.63, 3.8) is 0 Å². The largest absolute Gasteiger partial charge is 0.378 e. The first-order valence-electron chi connectivity index (χ1n) is 5.73. The third kappa shape index (κ3) is 4.62. The summed E-state index contributed by atoms with van der Waals surface area (Å²) in [5.41, 5.74) is 0. The average Bonchev–Trinajstić information content (AvgIpc) is 2.19. The number of carbonyl (C=O) groups excluding carboxylic acids is 1. The second-order valence-electron chi connectivity index (χ2n) is 4.16. The maximum absolute atomic E-state index is 10.9. The first-order chi connectivity index (χ1) is 7.26. The molecule has 1 aliphatic carbocycles. The van der Waals surface area contributed by atoms with Crippen molar-refractivity contribution < 1.29 is 9.53 Å². The molecule has 0 aromatic rings. The van der Waals surface area contributed by atoms with E-state index in [0.717, 1.165) is 18.9 Å². The van der Waals surface area contributed by atoms with E-state index in [4.69, 9.17) is 4.74 Å². The number of ether oxygens (including phenoxy) is 1. The van der Waals surface area contributed by atoms with Crippen LogP contribution in [0.2, 0.25) is 0 Å². The highest BCUT2D eigenvalue weighted by Crippen LogP contribution is 2.29. The van der Waals surface area contributed by atoms with E-state index in [1.165, 1.54) is 12.8 Å². The second-order valence-corrected chi connectivity index (χ2v) is 4.16. The van der Waals surface area contributed by atoms with Crippen LogP contribution in [0.4, 0.5) is 0 Å². The monoisotopic (exact) mass is 214 g/mol. The second kappa shape index (κ2) is 6.80. The number of hydrogen-bond acceptors (Lipinski definition) is 3. The van der Waals surface area contributed by atoms with E-state index in [2.05, 4.69) is 10.6 Å². The van der Waals surface area contributed by atoms with Crippen molar-refractivity contribution in [3.8, 4) is 0 Å². The lowest BCUT2D eigenvalue weighted by Crippen LogP contribution is -2.37. The predicted molar refractivity (Wildman–Crippen MR) is 59.7 cm³/mol. The molecule has 0 saturated heterocycles. The SMILES string of the molecule is CNCC1CC(OCCCC(=O)NC)C1. The molecule has 1 fully saturated rings. The molecule has 0 heterocycles. The molecule has 0 aromatic carbocycles. The zero-order chi connectivity index (χ0) is 11.1. The highest BCUT2D eigenvalue weighted by molar-refractivity contribution is 5.75. The van der Waals surface area contributed by atoms with Crippen LogP contribution in [0, 0.1) is 5.92 Å². The Morgan fingerprint density at radius 2 is 2.13 bits per heavy atom. The summed E-state index contributed by atoms with van der Waals surface area (Å²) in [4.78, 5) is 10.9. The lowest BCUT2D eigenvalue weighted by molar-refractivity contribution is -0.121. The molecule has 1 rings (SSSR count). The Bertz CT molecular complexity index is 191. The summed E-state index contributed by atoms with van der Waals surface area (Å²) in [6.07, 6.45) is 4.17. The summed E-state index contributed by atoms with van der Waals surface area (Å²) in [5, 5.41) is 5.77. The fourth-order valence-electron chi connectivity index (χ4n) is 1.87. The first-order valence-corrected chi connectivity index (χ1v) is 5.73. The van der Waals surface area contributed by atoms with Gasteiger partial charge in [0.25, 0.3) is 0 Å². The smallest absolute Gasteiger partial charge is 0.219 e. The van der Waals surface area contributed by atoms with Gasteiger partial charge in [0.1, 0.15) is 0 Å². The van der Waals surface area contributed by atoms with Crippen LogP contribution in [0.3, 0.4) is 0 Å². The van der Waals surface area contributed by atoms with Gasteiger partial charge in [-0.25, -0.2) is 0 Å². The normalized spacial score (nSPS) is 24.7. The Labute approximate surface area is 91.8 Å². The van der Waals surface area contributed by atoms with Crippen LogP contribution in [0.5, 0.6) is 0 Å². The van der Waals surface area contributed by atoms with Gasteiger partial charge in [-0.3, -0.25) is 4.79 Å². The van der Waals surface area contributed by atoms with Gasteiger partial charge < -0.3 is 15.4 Å². The topological polar surface area (TPSA) is 50.4 Å². The fourth-order valence-corrected chi connectivity index (χ4v) is 1.87. The van der Waals surface area contributed by atoms with Gasteiger partial charge in [0, 0.05) is 20.1 Å². The van der Waals surface area contributed by atoms with E-state index in [1.807, 2.05) is 7.05 Å². The van der Waals surface area contributed by atoms with Gasteiger partial charge in [-0.15, -0.1) is 0 Å². The van der Waals surface area contributed by atoms with Gasteiger partial charge in [0.05, 0.1) is 6.10 Å². The minimum Gasteiger partial charge on any atom is -0.378 e. The van der Waals surface area contributed by atoms with E-state index >= 15 is 0 Å². The third-order valence-electron chi connectivity index (χ3n) is 2.87. The number of rotatable bonds is 7. The van der Waals surface area contributed by atoms with E-state index in [0.29, 0.717) is 19.1 Å². The Morgan fingerprint density at radius 3 is 2.73 bits per heavy atom. The molecule has 0 aromatic heterocycles. The molecule has 4 nitrogen and oxygen atoms in total. The van der Waals surface area contributed by atoms with Crippen molar-refractivity contribution in [3.05, 3.63) is 0 Å². The van der Waals surface area contributed by atoms with Crippen LogP contribution in [-0.2, 0) is 9.53 Å². The third-order valence-corrected chi connectivity index (χ3v) is 2.87. The minimum absolute atomic E-state index is 0.0975. The Hall–Kier alpha value is -0.610. The van der Waals surface area contributed by atoms with Gasteiger partial charge >= 0.3 is 0 Å². The molecular weight excluding hydrogens is 192 g/mol. The average molecular weight is 214 g/mol. The van der Waals surface area contributed by atoms with Crippen molar-refractivity contribution in [1.82, 2.24) is 10.6 Å².